The molecule has 0 radical (unpaired) electrons. The molecular formula is C11H15ClN2O. The number of rotatable bonds is 1. The highest BCUT2D eigenvalue weighted by atomic mass is 35.5. The summed E-state index contributed by atoms with van der Waals surface area (Å²) < 4.78 is 0. The van der Waals surface area contributed by atoms with Gasteiger partial charge in [-0.05, 0) is 24.5 Å². The first-order valence-corrected chi connectivity index (χ1v) is 5.59. The third-order valence-electron chi connectivity index (χ3n) is 2.90. The van der Waals surface area contributed by atoms with Crippen LogP contribution < -0.4 is 4.90 Å². The molecule has 4 heteroatoms. The molecule has 82 valence electrons. The molecule has 2 unspecified atom stereocenters. The van der Waals surface area contributed by atoms with Crippen LogP contribution in [-0.2, 0) is 0 Å². The number of hydrogen-bond acceptors (Lipinski definition) is 3. The Labute approximate surface area is 94.7 Å². The van der Waals surface area contributed by atoms with Crippen LogP contribution in [-0.4, -0.2) is 29.3 Å². The molecule has 0 aromatic carbocycles. The number of nitrogens with zero attached hydrogens (tertiary/aromatic N) is 2. The van der Waals surface area contributed by atoms with Gasteiger partial charge in [-0.15, -0.1) is 0 Å². The van der Waals surface area contributed by atoms with Crippen molar-refractivity contribution in [3.8, 4) is 0 Å². The number of halogens is 1. The Kier molecular flexibility index (Phi) is 3.12. The van der Waals surface area contributed by atoms with Crippen molar-refractivity contribution in [3.05, 3.63) is 23.4 Å². The summed E-state index contributed by atoms with van der Waals surface area (Å²) in [7, 11) is 0. The molecule has 1 aromatic heterocycles. The number of piperidine rings is 1. The van der Waals surface area contributed by atoms with Crippen LogP contribution in [0.4, 0.5) is 5.82 Å². The number of anilines is 1. The third kappa shape index (κ3) is 2.41. The van der Waals surface area contributed by atoms with Gasteiger partial charge in [0.1, 0.15) is 5.82 Å². The van der Waals surface area contributed by atoms with Crippen LogP contribution >= 0.6 is 11.6 Å². The fourth-order valence-corrected chi connectivity index (χ4v) is 2.01. The average molecular weight is 227 g/mol. The second-order valence-electron chi connectivity index (χ2n) is 4.11. The largest absolute Gasteiger partial charge is 0.393 e. The van der Waals surface area contributed by atoms with Crippen molar-refractivity contribution in [1.29, 1.82) is 0 Å². The minimum Gasteiger partial charge on any atom is -0.393 e. The highest BCUT2D eigenvalue weighted by Gasteiger charge is 2.24. The molecule has 1 saturated heterocycles. The van der Waals surface area contributed by atoms with Crippen molar-refractivity contribution in [1.82, 2.24) is 4.98 Å². The highest BCUT2D eigenvalue weighted by Crippen LogP contribution is 2.22. The van der Waals surface area contributed by atoms with Gasteiger partial charge in [0.2, 0.25) is 0 Å². The van der Waals surface area contributed by atoms with Gasteiger partial charge in [-0.3, -0.25) is 0 Å². The number of aliphatic hydroxyl groups excluding tert-OH is 1. The number of aromatic nitrogens is 1. The first kappa shape index (κ1) is 10.7. The van der Waals surface area contributed by atoms with Gasteiger partial charge in [0.25, 0.3) is 0 Å². The molecule has 2 heterocycles. The topological polar surface area (TPSA) is 36.4 Å². The lowest BCUT2D eigenvalue weighted by Gasteiger charge is -2.35. The molecule has 0 bridgehead atoms. The molecule has 1 aromatic rings. The van der Waals surface area contributed by atoms with Crippen molar-refractivity contribution < 1.29 is 5.11 Å². The standard InChI is InChI=1S/C11H15ClN2O/c1-8-7-14(5-4-10(8)15)11-3-2-9(12)6-13-11/h2-3,6,8,10,15H,4-5,7H2,1H3. The Morgan fingerprint density at radius 3 is 2.93 bits per heavy atom. The van der Waals surface area contributed by atoms with Gasteiger partial charge in [0.15, 0.2) is 0 Å². The van der Waals surface area contributed by atoms with E-state index in [0.29, 0.717) is 10.9 Å². The van der Waals surface area contributed by atoms with E-state index in [-0.39, 0.29) is 6.10 Å². The zero-order valence-corrected chi connectivity index (χ0v) is 9.48. The lowest BCUT2D eigenvalue weighted by molar-refractivity contribution is 0.0969. The van der Waals surface area contributed by atoms with Crippen LogP contribution in [0.1, 0.15) is 13.3 Å². The van der Waals surface area contributed by atoms with E-state index in [9.17, 15) is 5.11 Å². The van der Waals surface area contributed by atoms with Crippen LogP contribution in [0, 0.1) is 5.92 Å². The molecule has 1 N–H and O–H groups in total. The van der Waals surface area contributed by atoms with Crippen LogP contribution in [0.3, 0.4) is 0 Å². The first-order chi connectivity index (χ1) is 7.16. The average Bonchev–Trinajstić information content (AvgIpc) is 2.23. The normalized spacial score (nSPS) is 26.7. The molecule has 0 aliphatic carbocycles. The molecule has 1 fully saturated rings. The van der Waals surface area contributed by atoms with Crippen molar-refractivity contribution in [2.24, 2.45) is 5.92 Å². The first-order valence-electron chi connectivity index (χ1n) is 5.21. The molecule has 1 aliphatic heterocycles. The maximum absolute atomic E-state index is 9.62. The van der Waals surface area contributed by atoms with Gasteiger partial charge in [-0.1, -0.05) is 18.5 Å². The maximum Gasteiger partial charge on any atom is 0.128 e. The van der Waals surface area contributed by atoms with E-state index in [2.05, 4.69) is 16.8 Å². The molecule has 2 atom stereocenters. The Balaban J connectivity index is 2.08. The van der Waals surface area contributed by atoms with E-state index >= 15 is 0 Å². The second kappa shape index (κ2) is 4.37. The van der Waals surface area contributed by atoms with Gasteiger partial charge in [0.05, 0.1) is 11.1 Å². The van der Waals surface area contributed by atoms with Gasteiger partial charge in [0, 0.05) is 19.3 Å². The predicted octanol–water partition coefficient (Wildman–Crippen LogP) is 1.94. The van der Waals surface area contributed by atoms with Crippen LogP contribution in [0.25, 0.3) is 0 Å². The maximum atomic E-state index is 9.62. The SMILES string of the molecule is CC1CN(c2ccc(Cl)cn2)CCC1O. The fourth-order valence-electron chi connectivity index (χ4n) is 1.90. The molecule has 0 saturated carbocycles. The molecule has 1 aliphatic rings. The van der Waals surface area contributed by atoms with Crippen LogP contribution in [0.2, 0.25) is 5.02 Å². The van der Waals surface area contributed by atoms with E-state index in [1.165, 1.54) is 0 Å². The summed E-state index contributed by atoms with van der Waals surface area (Å²) in [6, 6.07) is 3.77. The van der Waals surface area contributed by atoms with Crippen molar-refractivity contribution in [3.63, 3.8) is 0 Å². The van der Waals surface area contributed by atoms with E-state index in [4.69, 9.17) is 11.6 Å². The minimum absolute atomic E-state index is 0.173. The van der Waals surface area contributed by atoms with E-state index in [0.717, 1.165) is 25.3 Å². The summed E-state index contributed by atoms with van der Waals surface area (Å²) in [5.41, 5.74) is 0. The van der Waals surface area contributed by atoms with Crippen LogP contribution in [0.5, 0.6) is 0 Å². The zero-order chi connectivity index (χ0) is 10.8. The number of pyridine rings is 1. The Hall–Kier alpha value is -0.800. The smallest absolute Gasteiger partial charge is 0.128 e. The van der Waals surface area contributed by atoms with Gasteiger partial charge >= 0.3 is 0 Å². The van der Waals surface area contributed by atoms with Crippen molar-refractivity contribution in [2.45, 2.75) is 19.4 Å². The highest BCUT2D eigenvalue weighted by molar-refractivity contribution is 6.30. The quantitative estimate of drug-likeness (QED) is 0.795. The zero-order valence-electron chi connectivity index (χ0n) is 8.73. The lowest BCUT2D eigenvalue weighted by atomic mass is 9.97. The summed E-state index contributed by atoms with van der Waals surface area (Å²) in [6.07, 6.45) is 2.30. The number of hydrogen-bond donors (Lipinski definition) is 1. The molecule has 15 heavy (non-hydrogen) atoms. The predicted molar refractivity (Wildman–Crippen MR) is 61.2 cm³/mol. The minimum atomic E-state index is -0.173. The number of aliphatic hydroxyl groups is 1. The van der Waals surface area contributed by atoms with Gasteiger partial charge in [-0.25, -0.2) is 4.98 Å². The van der Waals surface area contributed by atoms with E-state index < -0.39 is 0 Å². The van der Waals surface area contributed by atoms with E-state index in [1.54, 1.807) is 6.20 Å². The van der Waals surface area contributed by atoms with Gasteiger partial charge < -0.3 is 10.0 Å². The molecule has 2 rings (SSSR count). The van der Waals surface area contributed by atoms with Crippen LogP contribution in [0.15, 0.2) is 18.3 Å². The fraction of sp³-hybridized carbons (Fsp3) is 0.545. The molecule has 0 spiro atoms. The lowest BCUT2D eigenvalue weighted by Crippen LogP contribution is -2.42. The Morgan fingerprint density at radius 2 is 2.33 bits per heavy atom. The third-order valence-corrected chi connectivity index (χ3v) is 3.12. The summed E-state index contributed by atoms with van der Waals surface area (Å²) in [6.45, 7) is 3.78. The molecule has 3 nitrogen and oxygen atoms in total. The van der Waals surface area contributed by atoms with Crippen molar-refractivity contribution >= 4 is 17.4 Å². The summed E-state index contributed by atoms with van der Waals surface area (Å²) in [5, 5.41) is 10.3. The monoisotopic (exact) mass is 226 g/mol. The van der Waals surface area contributed by atoms with Crippen molar-refractivity contribution in [2.75, 3.05) is 18.0 Å². The summed E-state index contributed by atoms with van der Waals surface area (Å²) >= 11 is 5.78. The molecule has 0 amide bonds. The summed E-state index contributed by atoms with van der Waals surface area (Å²) in [4.78, 5) is 6.46. The molecular weight excluding hydrogens is 212 g/mol. The Bertz CT molecular complexity index is 328. The second-order valence-corrected chi connectivity index (χ2v) is 4.55. The summed E-state index contributed by atoms with van der Waals surface area (Å²) in [5.74, 6) is 1.24. The van der Waals surface area contributed by atoms with Gasteiger partial charge in [-0.2, -0.15) is 0 Å². The van der Waals surface area contributed by atoms with E-state index in [1.807, 2.05) is 12.1 Å². The Morgan fingerprint density at radius 1 is 1.53 bits per heavy atom.